The fraction of sp³-hybridized carbons (Fsp3) is 0.649. The molecule has 0 bridgehead atoms. The number of benzene rings is 1. The number of amides is 6. The molecule has 288 valence electrons. The largest absolute Gasteiger partial charge is 0.444 e. The minimum atomic E-state index is -3.91. The molecule has 1 saturated heterocycles. The van der Waals surface area contributed by atoms with Crippen LogP contribution in [0, 0.1) is 11.7 Å². The predicted molar refractivity (Wildman–Crippen MR) is 190 cm³/mol. The average molecular weight is 757 g/mol. The molecule has 0 unspecified atom stereocenters. The number of carbonyl (C=O) groups excluding carboxylic acids is 5. The molecule has 1 aromatic carbocycles. The first-order chi connectivity index (χ1) is 25.4. The van der Waals surface area contributed by atoms with Crippen LogP contribution in [-0.2, 0) is 42.2 Å². The minimum absolute atomic E-state index is 0.0129. The van der Waals surface area contributed by atoms with Crippen LogP contribution in [0.25, 0.3) is 0 Å². The monoisotopic (exact) mass is 756 g/mol. The number of nitrogens with one attached hydrogen (secondary N) is 3. The van der Waals surface area contributed by atoms with Gasteiger partial charge >= 0.3 is 12.1 Å². The van der Waals surface area contributed by atoms with E-state index in [1.807, 2.05) is 12.2 Å². The number of hydrogen-bond acceptors (Lipinski definition) is 8. The molecule has 3 N–H and O–H groups in total. The highest BCUT2D eigenvalue weighted by Crippen LogP contribution is 2.46. The third kappa shape index (κ3) is 7.88. The van der Waals surface area contributed by atoms with Gasteiger partial charge in [-0.15, -0.1) is 0 Å². The number of nitrogens with zero attached hydrogens (tertiary/aromatic N) is 3. The van der Waals surface area contributed by atoms with E-state index in [1.54, 1.807) is 24.1 Å². The average Bonchev–Trinajstić information content (AvgIpc) is 3.88. The molecule has 6 amide bonds. The van der Waals surface area contributed by atoms with Crippen LogP contribution < -0.4 is 15.4 Å². The topological polar surface area (TPSA) is 175 Å². The fourth-order valence-electron chi connectivity index (χ4n) is 8.28. The summed E-state index contributed by atoms with van der Waals surface area (Å²) in [4.78, 5) is 73.6. The summed E-state index contributed by atoms with van der Waals surface area (Å²) >= 11 is 0. The van der Waals surface area contributed by atoms with E-state index in [0.29, 0.717) is 43.2 Å². The van der Waals surface area contributed by atoms with E-state index in [1.165, 1.54) is 15.9 Å². The van der Waals surface area contributed by atoms with Crippen LogP contribution in [-0.4, -0.2) is 102 Å². The second kappa shape index (κ2) is 14.9. The van der Waals surface area contributed by atoms with Crippen molar-refractivity contribution in [1.82, 2.24) is 30.1 Å². The Hall–Kier alpha value is -4.21. The van der Waals surface area contributed by atoms with Crippen molar-refractivity contribution in [2.24, 2.45) is 5.92 Å². The first-order valence-electron chi connectivity index (χ1n) is 19.0. The third-order valence-electron chi connectivity index (χ3n) is 11.8. The fourth-order valence-corrected chi connectivity index (χ4v) is 9.65. The summed E-state index contributed by atoms with van der Waals surface area (Å²) in [5.74, 6) is -2.90. The summed E-state index contributed by atoms with van der Waals surface area (Å²) in [6.07, 6.45) is 10.1. The Balaban J connectivity index is 1.13. The summed E-state index contributed by atoms with van der Waals surface area (Å²) in [5, 5.41) is 5.11. The highest BCUT2D eigenvalue weighted by atomic mass is 32.2. The molecule has 0 aromatic heterocycles. The number of sulfonamides is 1. The van der Waals surface area contributed by atoms with Crippen LogP contribution in [0.2, 0.25) is 0 Å². The van der Waals surface area contributed by atoms with Crippen molar-refractivity contribution in [3.8, 4) is 0 Å². The number of allylic oxidation sites excluding steroid dienone is 1. The van der Waals surface area contributed by atoms with Gasteiger partial charge in [-0.2, -0.15) is 0 Å². The number of halogens is 1. The van der Waals surface area contributed by atoms with E-state index in [-0.39, 0.29) is 44.5 Å². The van der Waals surface area contributed by atoms with Crippen molar-refractivity contribution in [3.63, 3.8) is 0 Å². The Morgan fingerprint density at radius 1 is 1.02 bits per heavy atom. The second-order valence-electron chi connectivity index (χ2n) is 15.5. The molecule has 3 heterocycles. The lowest BCUT2D eigenvalue weighted by molar-refractivity contribution is -0.141. The number of carbonyl (C=O) groups is 5. The normalized spacial score (nSPS) is 29.8. The van der Waals surface area contributed by atoms with Gasteiger partial charge in [0.05, 0.1) is 18.3 Å². The quantitative estimate of drug-likeness (QED) is 0.371. The van der Waals surface area contributed by atoms with E-state index >= 15 is 0 Å². The molecule has 3 aliphatic heterocycles. The van der Waals surface area contributed by atoms with E-state index in [0.717, 1.165) is 38.5 Å². The number of hydrogen-bond donors (Lipinski definition) is 3. The van der Waals surface area contributed by atoms with Crippen molar-refractivity contribution in [3.05, 3.63) is 47.3 Å². The SMILES string of the molecule is CN(C(=O)N[C@H]1CCCCC/C=C\[C@H]2C[C@@]2(C(=O)NS(=O)(=O)C2CC2)NC(=O)[C@@H]2C[C@@H](OC(=O)N3Cc4cccc(F)c4C3)CN2C1=O)C1CCCC1. The predicted octanol–water partition coefficient (Wildman–Crippen LogP) is 3.20. The van der Waals surface area contributed by atoms with Gasteiger partial charge in [0, 0.05) is 37.5 Å². The van der Waals surface area contributed by atoms with Crippen molar-refractivity contribution in [1.29, 1.82) is 0 Å². The van der Waals surface area contributed by atoms with Crippen LogP contribution in [0.5, 0.6) is 0 Å². The lowest BCUT2D eigenvalue weighted by atomic mass is 10.0. The van der Waals surface area contributed by atoms with E-state index in [9.17, 15) is 36.8 Å². The van der Waals surface area contributed by atoms with Crippen LogP contribution in [0.4, 0.5) is 14.0 Å². The van der Waals surface area contributed by atoms with Crippen molar-refractivity contribution in [2.75, 3.05) is 13.6 Å². The van der Waals surface area contributed by atoms with Crippen LogP contribution in [0.15, 0.2) is 30.4 Å². The van der Waals surface area contributed by atoms with Crippen LogP contribution in [0.1, 0.15) is 94.6 Å². The van der Waals surface area contributed by atoms with Gasteiger partial charge in [0.1, 0.15) is 29.5 Å². The van der Waals surface area contributed by atoms with E-state index in [4.69, 9.17) is 4.74 Å². The summed E-state index contributed by atoms with van der Waals surface area (Å²) in [6.45, 7) is 0.00436. The molecule has 0 radical (unpaired) electrons. The summed E-state index contributed by atoms with van der Waals surface area (Å²) in [7, 11) is -2.19. The summed E-state index contributed by atoms with van der Waals surface area (Å²) in [6, 6.07) is 2.16. The smallest absolute Gasteiger partial charge is 0.410 e. The number of ether oxygens (including phenoxy) is 1. The second-order valence-corrected chi connectivity index (χ2v) is 17.5. The zero-order chi connectivity index (χ0) is 37.5. The van der Waals surface area contributed by atoms with E-state index < -0.39 is 74.5 Å². The molecule has 4 fully saturated rings. The number of urea groups is 1. The van der Waals surface area contributed by atoms with Gasteiger partial charge < -0.3 is 25.2 Å². The lowest BCUT2D eigenvalue weighted by Crippen LogP contribution is -2.59. The molecule has 3 aliphatic carbocycles. The van der Waals surface area contributed by atoms with Crippen molar-refractivity contribution < 1.29 is 41.5 Å². The highest BCUT2D eigenvalue weighted by molar-refractivity contribution is 7.91. The first kappa shape index (κ1) is 37.1. The zero-order valence-electron chi connectivity index (χ0n) is 30.1. The Morgan fingerprint density at radius 2 is 1.77 bits per heavy atom. The Bertz CT molecular complexity index is 1780. The minimum Gasteiger partial charge on any atom is -0.444 e. The molecular formula is C37H49FN6O8S. The van der Waals surface area contributed by atoms with Crippen LogP contribution in [0.3, 0.4) is 0 Å². The lowest BCUT2D eigenvalue weighted by Gasteiger charge is -2.32. The molecule has 1 aromatic rings. The van der Waals surface area contributed by atoms with Gasteiger partial charge in [0.15, 0.2) is 0 Å². The molecule has 3 saturated carbocycles. The van der Waals surface area contributed by atoms with Crippen molar-refractivity contribution >= 4 is 39.9 Å². The zero-order valence-corrected chi connectivity index (χ0v) is 30.9. The number of fused-ring (bicyclic) bond motifs is 3. The maximum absolute atomic E-state index is 14.5. The van der Waals surface area contributed by atoms with Gasteiger partial charge in [-0.3, -0.25) is 24.0 Å². The molecule has 5 atom stereocenters. The number of rotatable bonds is 6. The molecule has 14 nitrogen and oxygen atoms in total. The van der Waals surface area contributed by atoms with Crippen LogP contribution >= 0.6 is 0 Å². The third-order valence-corrected chi connectivity index (χ3v) is 13.6. The van der Waals surface area contributed by atoms with Gasteiger partial charge in [-0.1, -0.05) is 50.0 Å². The van der Waals surface area contributed by atoms with Gasteiger partial charge in [0.25, 0.3) is 5.91 Å². The molecule has 0 spiro atoms. The first-order valence-corrected chi connectivity index (χ1v) is 20.5. The standard InChI is InChI=1S/C37H49FN6O8S/c1-42(25-12-7-8-13-25)35(48)39-30-15-6-4-2-3-5-11-24-19-37(24,34(47)41-53(50,51)27-16-17-27)40-32(45)31-18-26(21-44(31)33(30)46)52-36(49)43-20-23-10-9-14-29(38)28(23)22-43/h5,9-11,14,24-27,30-31H,2-4,6-8,12-13,15-22H2,1H3,(H,39,48)(H,40,45)(H,41,47)/b11-5-/t24-,26+,30-,31-,37+/m0/s1. The van der Waals surface area contributed by atoms with Gasteiger partial charge in [-0.05, 0) is 63.0 Å². The Labute approximate surface area is 309 Å². The Morgan fingerprint density at radius 3 is 2.51 bits per heavy atom. The van der Waals surface area contributed by atoms with Gasteiger partial charge in [-0.25, -0.2) is 22.4 Å². The van der Waals surface area contributed by atoms with Crippen molar-refractivity contribution in [2.45, 2.75) is 132 Å². The maximum atomic E-state index is 14.5. The molecule has 53 heavy (non-hydrogen) atoms. The van der Waals surface area contributed by atoms with E-state index in [2.05, 4.69) is 15.4 Å². The molecule has 6 aliphatic rings. The summed E-state index contributed by atoms with van der Waals surface area (Å²) < 4.78 is 48.1. The Kier molecular flexibility index (Phi) is 10.4. The molecule has 16 heteroatoms. The maximum Gasteiger partial charge on any atom is 0.410 e. The molecule has 7 rings (SSSR count). The molecular weight excluding hydrogens is 708 g/mol. The van der Waals surface area contributed by atoms with Gasteiger partial charge in [0.2, 0.25) is 21.8 Å². The highest BCUT2D eigenvalue weighted by Gasteiger charge is 2.62. The summed E-state index contributed by atoms with van der Waals surface area (Å²) in [5.41, 5.74) is -0.473.